The topological polar surface area (TPSA) is 59.8 Å². The van der Waals surface area contributed by atoms with Crippen LogP contribution in [0.15, 0.2) is 57.6 Å². The monoisotopic (exact) mass is 391 g/mol. The van der Waals surface area contributed by atoms with Crippen molar-refractivity contribution in [3.05, 3.63) is 59.0 Å². The Labute approximate surface area is 149 Å². The summed E-state index contributed by atoms with van der Waals surface area (Å²) in [6.45, 7) is 3.49. The van der Waals surface area contributed by atoms with Crippen molar-refractivity contribution in [1.29, 1.82) is 0 Å². The second-order valence-electron chi connectivity index (χ2n) is 5.28. The van der Waals surface area contributed by atoms with Crippen molar-refractivity contribution in [3.63, 3.8) is 0 Å². The zero-order valence-electron chi connectivity index (χ0n) is 13.4. The summed E-state index contributed by atoms with van der Waals surface area (Å²) in [5.74, 6) is -0.371. The Hall–Kier alpha value is -2.34. The van der Waals surface area contributed by atoms with Crippen LogP contribution in [0.25, 0.3) is 6.08 Å². The van der Waals surface area contributed by atoms with Crippen molar-refractivity contribution in [3.8, 4) is 0 Å². The first kappa shape index (κ1) is 18.0. The number of ether oxygens (including phenoxy) is 1. The Morgan fingerprint density at radius 1 is 1.21 bits per heavy atom. The van der Waals surface area contributed by atoms with Gasteiger partial charge in [0.1, 0.15) is 5.76 Å². The van der Waals surface area contributed by atoms with E-state index in [1.807, 2.05) is 44.2 Å². The summed E-state index contributed by atoms with van der Waals surface area (Å²) in [6.07, 6.45) is 2.70. The predicted molar refractivity (Wildman–Crippen MR) is 95.5 cm³/mol. The summed E-state index contributed by atoms with van der Waals surface area (Å²) in [5, 5.41) is 0. The van der Waals surface area contributed by atoms with Gasteiger partial charge in [0.25, 0.3) is 5.91 Å². The summed E-state index contributed by atoms with van der Waals surface area (Å²) in [6, 6.07) is 12.6. The number of anilines is 1. The lowest BCUT2D eigenvalue weighted by atomic mass is 10.2. The molecule has 0 radical (unpaired) electrons. The molecule has 5 nitrogen and oxygen atoms in total. The molecule has 0 saturated carbocycles. The number of benzene rings is 1. The molecule has 2 rings (SSSR count). The van der Waals surface area contributed by atoms with Crippen LogP contribution in [-0.4, -0.2) is 24.5 Å². The average Bonchev–Trinajstić information content (AvgIpc) is 2.97. The van der Waals surface area contributed by atoms with Gasteiger partial charge in [-0.25, -0.2) is 4.79 Å². The Balaban J connectivity index is 1.93. The molecule has 1 amide bonds. The fourth-order valence-corrected chi connectivity index (χ4v) is 2.46. The normalized spacial score (nSPS) is 11.0. The Kier molecular flexibility index (Phi) is 6.37. The second kappa shape index (κ2) is 8.49. The number of para-hydroxylation sites is 1. The van der Waals surface area contributed by atoms with Crippen LogP contribution >= 0.6 is 15.9 Å². The molecule has 0 aliphatic heterocycles. The Bertz CT molecular complexity index is 722. The van der Waals surface area contributed by atoms with E-state index in [0.29, 0.717) is 10.4 Å². The third-order valence-electron chi connectivity index (χ3n) is 3.14. The molecular weight excluding hydrogens is 374 g/mol. The molecule has 6 heteroatoms. The van der Waals surface area contributed by atoms with Crippen molar-refractivity contribution < 1.29 is 18.7 Å². The van der Waals surface area contributed by atoms with Gasteiger partial charge in [-0.2, -0.15) is 0 Å². The van der Waals surface area contributed by atoms with Gasteiger partial charge in [-0.15, -0.1) is 0 Å². The van der Waals surface area contributed by atoms with Crippen LogP contribution in [0.4, 0.5) is 5.69 Å². The number of halogens is 1. The molecule has 24 heavy (non-hydrogen) atoms. The van der Waals surface area contributed by atoms with Crippen LogP contribution in [0.3, 0.4) is 0 Å². The molecule has 0 fully saturated rings. The third-order valence-corrected chi connectivity index (χ3v) is 3.56. The maximum Gasteiger partial charge on any atom is 0.331 e. The third kappa shape index (κ3) is 5.09. The number of carbonyl (C=O) groups is 2. The molecule has 0 saturated heterocycles. The molecule has 126 valence electrons. The van der Waals surface area contributed by atoms with E-state index in [9.17, 15) is 9.59 Å². The fraction of sp³-hybridized carbons (Fsp3) is 0.222. The zero-order valence-corrected chi connectivity index (χ0v) is 15.0. The Morgan fingerprint density at radius 3 is 2.50 bits per heavy atom. The quantitative estimate of drug-likeness (QED) is 0.550. The lowest BCUT2D eigenvalue weighted by Gasteiger charge is -2.26. The van der Waals surface area contributed by atoms with E-state index in [1.54, 1.807) is 17.0 Å². The number of furan rings is 1. The highest BCUT2D eigenvalue weighted by Gasteiger charge is 2.19. The number of esters is 1. The van der Waals surface area contributed by atoms with Crippen LogP contribution in [0, 0.1) is 0 Å². The lowest BCUT2D eigenvalue weighted by molar-refractivity contribution is -0.143. The smallest absolute Gasteiger partial charge is 0.331 e. The highest BCUT2D eigenvalue weighted by atomic mass is 79.9. The highest BCUT2D eigenvalue weighted by molar-refractivity contribution is 9.10. The van der Waals surface area contributed by atoms with E-state index in [2.05, 4.69) is 15.9 Å². The number of rotatable bonds is 6. The molecule has 1 heterocycles. The van der Waals surface area contributed by atoms with E-state index in [-0.39, 0.29) is 18.6 Å². The standard InChI is InChI=1S/C18H18BrNO4/c1-13(2)20(14-6-4-3-5-7-14)17(21)12-23-18(22)11-9-15-8-10-16(19)24-15/h3-11,13H,12H2,1-2H3/b11-9+. The lowest BCUT2D eigenvalue weighted by Crippen LogP contribution is -2.39. The minimum Gasteiger partial charge on any atom is -0.452 e. The average molecular weight is 392 g/mol. The summed E-state index contributed by atoms with van der Waals surface area (Å²) in [4.78, 5) is 25.7. The van der Waals surface area contributed by atoms with E-state index in [4.69, 9.17) is 9.15 Å². The number of amides is 1. The van der Waals surface area contributed by atoms with Crippen molar-refractivity contribution >= 4 is 39.6 Å². The molecule has 1 aromatic carbocycles. The molecule has 0 aliphatic rings. The SMILES string of the molecule is CC(C)N(C(=O)COC(=O)/C=C/c1ccc(Br)o1)c1ccccc1. The molecule has 1 aromatic heterocycles. The van der Waals surface area contributed by atoms with E-state index in [0.717, 1.165) is 5.69 Å². The first-order valence-corrected chi connectivity index (χ1v) is 8.24. The molecular formula is C18H18BrNO4. The molecule has 0 bridgehead atoms. The summed E-state index contributed by atoms with van der Waals surface area (Å²) in [7, 11) is 0. The summed E-state index contributed by atoms with van der Waals surface area (Å²) < 4.78 is 10.8. The van der Waals surface area contributed by atoms with Crippen molar-refractivity contribution in [1.82, 2.24) is 0 Å². The zero-order chi connectivity index (χ0) is 17.5. The van der Waals surface area contributed by atoms with Gasteiger partial charge in [-0.1, -0.05) is 18.2 Å². The highest BCUT2D eigenvalue weighted by Crippen LogP contribution is 2.17. The van der Waals surface area contributed by atoms with E-state index in [1.165, 1.54) is 12.2 Å². The fourth-order valence-electron chi connectivity index (χ4n) is 2.14. The number of hydrogen-bond donors (Lipinski definition) is 0. The van der Waals surface area contributed by atoms with Gasteiger partial charge in [0.05, 0.1) is 0 Å². The maximum atomic E-state index is 12.4. The van der Waals surface area contributed by atoms with Crippen LogP contribution < -0.4 is 4.90 Å². The molecule has 2 aromatic rings. The van der Waals surface area contributed by atoms with Gasteiger partial charge in [-0.3, -0.25) is 4.79 Å². The summed E-state index contributed by atoms with van der Waals surface area (Å²) in [5.41, 5.74) is 0.768. The van der Waals surface area contributed by atoms with Gasteiger partial charge in [0.15, 0.2) is 11.3 Å². The van der Waals surface area contributed by atoms with E-state index >= 15 is 0 Å². The largest absolute Gasteiger partial charge is 0.452 e. The summed E-state index contributed by atoms with van der Waals surface area (Å²) >= 11 is 3.17. The van der Waals surface area contributed by atoms with Gasteiger partial charge in [0.2, 0.25) is 0 Å². The number of nitrogens with zero attached hydrogens (tertiary/aromatic N) is 1. The first-order chi connectivity index (χ1) is 11.5. The molecule has 0 aliphatic carbocycles. The minimum atomic E-state index is -0.604. The minimum absolute atomic E-state index is 0.0467. The van der Waals surface area contributed by atoms with Crippen LogP contribution in [0.5, 0.6) is 0 Å². The second-order valence-corrected chi connectivity index (χ2v) is 6.06. The molecule has 0 unspecified atom stereocenters. The van der Waals surface area contributed by atoms with Gasteiger partial charge in [-0.05, 0) is 60.1 Å². The van der Waals surface area contributed by atoms with Crippen molar-refractivity contribution in [2.75, 3.05) is 11.5 Å². The van der Waals surface area contributed by atoms with Gasteiger partial charge < -0.3 is 14.1 Å². The van der Waals surface area contributed by atoms with Crippen molar-refractivity contribution in [2.24, 2.45) is 0 Å². The molecule has 0 N–H and O–H groups in total. The number of carbonyl (C=O) groups excluding carboxylic acids is 2. The van der Waals surface area contributed by atoms with Crippen LogP contribution in [0.1, 0.15) is 19.6 Å². The molecule has 0 atom stereocenters. The van der Waals surface area contributed by atoms with Crippen molar-refractivity contribution in [2.45, 2.75) is 19.9 Å². The van der Waals surface area contributed by atoms with Crippen LogP contribution in [-0.2, 0) is 14.3 Å². The van der Waals surface area contributed by atoms with Gasteiger partial charge >= 0.3 is 5.97 Å². The van der Waals surface area contributed by atoms with Gasteiger partial charge in [0, 0.05) is 17.8 Å². The maximum absolute atomic E-state index is 12.4. The van der Waals surface area contributed by atoms with E-state index < -0.39 is 5.97 Å². The van der Waals surface area contributed by atoms with Crippen LogP contribution in [0.2, 0.25) is 0 Å². The first-order valence-electron chi connectivity index (χ1n) is 7.44. The predicted octanol–water partition coefficient (Wildman–Crippen LogP) is 4.04. The molecule has 0 spiro atoms. The number of hydrogen-bond acceptors (Lipinski definition) is 4. The Morgan fingerprint density at radius 2 is 1.92 bits per heavy atom.